The maximum Gasteiger partial charge on any atom is 0.208 e. The number of hydrogen-bond donors (Lipinski definition) is 2. The first-order valence-corrected chi connectivity index (χ1v) is 8.99. The van der Waals surface area contributed by atoms with E-state index in [1.165, 1.54) is 6.26 Å². The van der Waals surface area contributed by atoms with E-state index in [0.29, 0.717) is 6.54 Å². The van der Waals surface area contributed by atoms with Crippen molar-refractivity contribution in [1.29, 1.82) is 0 Å². The Morgan fingerprint density at radius 1 is 1.05 bits per heavy atom. The second-order valence-corrected chi connectivity index (χ2v) is 7.21. The van der Waals surface area contributed by atoms with Crippen molar-refractivity contribution in [3.8, 4) is 0 Å². The quantitative estimate of drug-likeness (QED) is 0.760. The van der Waals surface area contributed by atoms with E-state index in [-0.39, 0.29) is 5.92 Å². The van der Waals surface area contributed by atoms with Crippen LogP contribution in [-0.2, 0) is 10.0 Å². The van der Waals surface area contributed by atoms with E-state index in [1.54, 1.807) is 0 Å². The van der Waals surface area contributed by atoms with Gasteiger partial charge in [0.1, 0.15) is 0 Å². The highest BCUT2D eigenvalue weighted by Gasteiger charge is 2.19. The Morgan fingerprint density at radius 3 is 2.45 bits per heavy atom. The van der Waals surface area contributed by atoms with Crippen LogP contribution in [0.5, 0.6) is 0 Å². The molecule has 3 aromatic rings. The number of aromatic nitrogens is 1. The van der Waals surface area contributed by atoms with Crippen molar-refractivity contribution in [3.05, 3.63) is 71.9 Å². The van der Waals surface area contributed by atoms with E-state index in [0.717, 1.165) is 22.0 Å². The Kier molecular flexibility index (Phi) is 4.00. The zero-order chi connectivity index (χ0) is 15.6. The van der Waals surface area contributed by atoms with Gasteiger partial charge in [-0.15, -0.1) is 0 Å². The number of hydrogen-bond acceptors (Lipinski definition) is 2. The smallest absolute Gasteiger partial charge is 0.208 e. The summed E-state index contributed by atoms with van der Waals surface area (Å²) < 4.78 is 25.6. The summed E-state index contributed by atoms with van der Waals surface area (Å²) in [5, 5.41) is 1.12. The van der Waals surface area contributed by atoms with E-state index in [9.17, 15) is 8.42 Å². The lowest BCUT2D eigenvalue weighted by molar-refractivity contribution is 0.584. The lowest BCUT2D eigenvalue weighted by Gasteiger charge is -2.17. The maximum atomic E-state index is 11.5. The van der Waals surface area contributed by atoms with Gasteiger partial charge in [0.05, 0.1) is 6.26 Å². The van der Waals surface area contributed by atoms with Crippen molar-refractivity contribution in [1.82, 2.24) is 9.71 Å². The molecule has 1 heterocycles. The van der Waals surface area contributed by atoms with Gasteiger partial charge in [0.15, 0.2) is 0 Å². The van der Waals surface area contributed by atoms with Gasteiger partial charge in [-0.3, -0.25) is 0 Å². The number of fused-ring (bicyclic) bond motifs is 1. The lowest BCUT2D eigenvalue weighted by Crippen LogP contribution is -2.27. The standard InChI is InChI=1S/C17H18N2O2S/c1-22(20,21)19-12-15(13-7-3-2-4-8-13)16-11-18-17-10-6-5-9-14(16)17/h2-11,15,18-19H,12H2,1H3/t15-/m1/s1. The van der Waals surface area contributed by atoms with E-state index in [2.05, 4.69) is 15.8 Å². The molecule has 0 radical (unpaired) electrons. The fourth-order valence-electron chi connectivity index (χ4n) is 2.71. The van der Waals surface area contributed by atoms with Crippen LogP contribution in [0.15, 0.2) is 60.8 Å². The van der Waals surface area contributed by atoms with Gasteiger partial charge in [0, 0.05) is 29.6 Å². The highest BCUT2D eigenvalue weighted by Crippen LogP contribution is 2.30. The molecular formula is C17H18N2O2S. The molecule has 22 heavy (non-hydrogen) atoms. The second-order valence-electron chi connectivity index (χ2n) is 5.37. The molecule has 0 saturated heterocycles. The third-order valence-corrected chi connectivity index (χ3v) is 4.44. The summed E-state index contributed by atoms with van der Waals surface area (Å²) in [6, 6.07) is 18.0. The van der Waals surface area contributed by atoms with Gasteiger partial charge in [-0.2, -0.15) is 0 Å². The van der Waals surface area contributed by atoms with Crippen molar-refractivity contribution >= 4 is 20.9 Å². The molecule has 4 nitrogen and oxygen atoms in total. The number of H-pyrrole nitrogens is 1. The molecule has 0 amide bonds. The summed E-state index contributed by atoms with van der Waals surface area (Å²) in [4.78, 5) is 3.26. The van der Waals surface area contributed by atoms with Crippen LogP contribution < -0.4 is 4.72 Å². The Bertz CT molecular complexity index is 870. The Hall–Kier alpha value is -2.11. The van der Waals surface area contributed by atoms with Crippen molar-refractivity contribution in [2.24, 2.45) is 0 Å². The van der Waals surface area contributed by atoms with Gasteiger partial charge in [-0.25, -0.2) is 13.1 Å². The third kappa shape index (κ3) is 3.21. The summed E-state index contributed by atoms with van der Waals surface area (Å²) in [5.74, 6) is -0.0351. The molecule has 5 heteroatoms. The molecule has 0 saturated carbocycles. The molecule has 0 spiro atoms. The molecule has 2 N–H and O–H groups in total. The van der Waals surface area contributed by atoms with Gasteiger partial charge in [0.2, 0.25) is 10.0 Å². The molecule has 2 aromatic carbocycles. The first kappa shape index (κ1) is 14.8. The summed E-state index contributed by atoms with van der Waals surface area (Å²) in [7, 11) is -3.23. The van der Waals surface area contributed by atoms with E-state index < -0.39 is 10.0 Å². The lowest BCUT2D eigenvalue weighted by atomic mass is 9.91. The average Bonchev–Trinajstić information content (AvgIpc) is 2.92. The van der Waals surface area contributed by atoms with Crippen LogP contribution in [-0.4, -0.2) is 26.2 Å². The highest BCUT2D eigenvalue weighted by molar-refractivity contribution is 7.88. The molecule has 1 aromatic heterocycles. The normalized spacial score (nSPS) is 13.3. The zero-order valence-corrected chi connectivity index (χ0v) is 13.1. The van der Waals surface area contributed by atoms with Gasteiger partial charge in [-0.1, -0.05) is 48.5 Å². The Balaban J connectivity index is 2.05. The number of nitrogens with one attached hydrogen (secondary N) is 2. The van der Waals surface area contributed by atoms with Crippen LogP contribution in [0.1, 0.15) is 17.0 Å². The van der Waals surface area contributed by atoms with Crippen molar-refractivity contribution < 1.29 is 8.42 Å². The minimum absolute atomic E-state index is 0.0351. The molecule has 114 valence electrons. The molecule has 0 bridgehead atoms. The first-order valence-electron chi connectivity index (χ1n) is 7.10. The molecule has 0 aliphatic carbocycles. The third-order valence-electron chi connectivity index (χ3n) is 3.75. The molecule has 3 rings (SSSR count). The molecule has 0 fully saturated rings. The fourth-order valence-corrected chi connectivity index (χ4v) is 3.18. The van der Waals surface area contributed by atoms with Crippen LogP contribution >= 0.6 is 0 Å². The average molecular weight is 314 g/mol. The van der Waals surface area contributed by atoms with E-state index in [1.807, 2.05) is 54.7 Å². The number of aromatic amines is 1. The summed E-state index contributed by atoms with van der Waals surface area (Å²) in [6.07, 6.45) is 3.15. The molecule has 0 aliphatic heterocycles. The van der Waals surface area contributed by atoms with Gasteiger partial charge >= 0.3 is 0 Å². The highest BCUT2D eigenvalue weighted by atomic mass is 32.2. The predicted molar refractivity (Wildman–Crippen MR) is 89.4 cm³/mol. The number of para-hydroxylation sites is 1. The van der Waals surface area contributed by atoms with Crippen LogP contribution in [0.3, 0.4) is 0 Å². The monoisotopic (exact) mass is 314 g/mol. The zero-order valence-electron chi connectivity index (χ0n) is 12.3. The predicted octanol–water partition coefficient (Wildman–Crippen LogP) is 2.85. The van der Waals surface area contributed by atoms with E-state index in [4.69, 9.17) is 0 Å². The van der Waals surface area contributed by atoms with Gasteiger partial charge < -0.3 is 4.98 Å². The van der Waals surface area contributed by atoms with Crippen LogP contribution in [0, 0.1) is 0 Å². The fraction of sp³-hybridized carbons (Fsp3) is 0.176. The topological polar surface area (TPSA) is 62.0 Å². The minimum atomic E-state index is -3.23. The second kappa shape index (κ2) is 5.94. The first-order chi connectivity index (χ1) is 10.5. The summed E-state index contributed by atoms with van der Waals surface area (Å²) >= 11 is 0. The minimum Gasteiger partial charge on any atom is -0.361 e. The van der Waals surface area contributed by atoms with E-state index >= 15 is 0 Å². The van der Waals surface area contributed by atoms with Crippen LogP contribution in [0.4, 0.5) is 0 Å². The summed E-state index contributed by atoms with van der Waals surface area (Å²) in [5.41, 5.74) is 3.24. The SMILES string of the molecule is CS(=O)(=O)NC[C@H](c1ccccc1)c1c[nH]c2ccccc12. The largest absolute Gasteiger partial charge is 0.361 e. The number of rotatable bonds is 5. The van der Waals surface area contributed by atoms with Crippen molar-refractivity contribution in [2.45, 2.75) is 5.92 Å². The molecular weight excluding hydrogens is 296 g/mol. The Labute approximate surface area is 130 Å². The van der Waals surface area contributed by atoms with Crippen LogP contribution in [0.25, 0.3) is 10.9 Å². The molecule has 0 aliphatic rings. The number of benzene rings is 2. The van der Waals surface area contributed by atoms with Crippen molar-refractivity contribution in [2.75, 3.05) is 12.8 Å². The number of sulfonamides is 1. The summed E-state index contributed by atoms with van der Waals surface area (Å²) in [6.45, 7) is 0.338. The molecule has 0 unspecified atom stereocenters. The Morgan fingerprint density at radius 2 is 1.73 bits per heavy atom. The van der Waals surface area contributed by atoms with Gasteiger partial charge in [-0.05, 0) is 17.2 Å². The maximum absolute atomic E-state index is 11.5. The molecule has 1 atom stereocenters. The van der Waals surface area contributed by atoms with Crippen molar-refractivity contribution in [3.63, 3.8) is 0 Å². The van der Waals surface area contributed by atoms with Crippen LogP contribution in [0.2, 0.25) is 0 Å². The van der Waals surface area contributed by atoms with Gasteiger partial charge in [0.25, 0.3) is 0 Å².